The molecule has 4 rings (SSSR count). The smallest absolute Gasteiger partial charge is 0.257 e. The molecule has 2 N–H and O–H groups in total. The first-order valence-electron chi connectivity index (χ1n) is 7.78. The van der Waals surface area contributed by atoms with Crippen LogP contribution in [0.1, 0.15) is 10.4 Å². The monoisotopic (exact) mass is 435 g/mol. The van der Waals surface area contributed by atoms with Crippen LogP contribution in [0.4, 0.5) is 10.8 Å². The zero-order valence-corrected chi connectivity index (χ0v) is 16.7. The molecule has 1 aliphatic heterocycles. The Labute approximate surface area is 173 Å². The van der Waals surface area contributed by atoms with E-state index in [-0.39, 0.29) is 11.8 Å². The minimum Gasteiger partial charge on any atom is -0.324 e. The second-order valence-corrected chi connectivity index (χ2v) is 8.38. The molecule has 1 aliphatic rings. The number of carbonyl (C=O) groups is 2. The molecule has 0 saturated carbocycles. The van der Waals surface area contributed by atoms with E-state index < -0.39 is 0 Å². The van der Waals surface area contributed by atoms with Gasteiger partial charge in [0.05, 0.1) is 22.2 Å². The van der Waals surface area contributed by atoms with Gasteiger partial charge in [0, 0.05) is 26.4 Å². The molecule has 3 aromatic rings. The van der Waals surface area contributed by atoms with Gasteiger partial charge in [-0.1, -0.05) is 23.2 Å². The summed E-state index contributed by atoms with van der Waals surface area (Å²) in [7, 11) is 0. The Kier molecular flexibility index (Phi) is 5.10. The number of nitrogens with zero attached hydrogens (tertiary/aromatic N) is 1. The van der Waals surface area contributed by atoms with Crippen molar-refractivity contribution < 1.29 is 9.59 Å². The molecule has 0 radical (unpaired) electrons. The van der Waals surface area contributed by atoms with E-state index in [1.807, 2.05) is 6.07 Å². The Morgan fingerprint density at radius 3 is 2.89 bits per heavy atom. The number of thioether (sulfide) groups is 1. The molecular weight excluding hydrogens is 425 g/mol. The Hall–Kier alpha value is -2.06. The van der Waals surface area contributed by atoms with Crippen LogP contribution in [0.2, 0.25) is 10.0 Å². The summed E-state index contributed by atoms with van der Waals surface area (Å²) in [6.45, 7) is 0. The first kappa shape index (κ1) is 18.3. The molecule has 1 aromatic heterocycles. The van der Waals surface area contributed by atoms with Crippen LogP contribution in [0.5, 0.6) is 0 Å². The van der Waals surface area contributed by atoms with Crippen molar-refractivity contribution in [1.29, 1.82) is 0 Å². The van der Waals surface area contributed by atoms with Crippen LogP contribution in [-0.2, 0) is 4.79 Å². The van der Waals surface area contributed by atoms with Crippen LogP contribution in [0.25, 0.3) is 11.3 Å². The number of amides is 2. The van der Waals surface area contributed by atoms with E-state index in [1.165, 1.54) is 23.1 Å². The van der Waals surface area contributed by atoms with E-state index in [4.69, 9.17) is 23.2 Å². The van der Waals surface area contributed by atoms with Crippen molar-refractivity contribution in [2.75, 3.05) is 16.4 Å². The fourth-order valence-electron chi connectivity index (χ4n) is 2.54. The average molecular weight is 436 g/mol. The summed E-state index contributed by atoms with van der Waals surface area (Å²) < 4.78 is 0. The zero-order valence-electron chi connectivity index (χ0n) is 13.6. The molecule has 0 spiro atoms. The molecule has 0 bridgehead atoms. The van der Waals surface area contributed by atoms with Crippen molar-refractivity contribution >= 4 is 68.9 Å². The third kappa shape index (κ3) is 3.96. The highest BCUT2D eigenvalue weighted by atomic mass is 35.5. The van der Waals surface area contributed by atoms with Crippen LogP contribution >= 0.6 is 46.3 Å². The van der Waals surface area contributed by atoms with Gasteiger partial charge in [0.2, 0.25) is 5.91 Å². The lowest BCUT2D eigenvalue weighted by molar-refractivity contribution is -0.113. The number of fused-ring (bicyclic) bond motifs is 1. The van der Waals surface area contributed by atoms with Crippen LogP contribution in [0.15, 0.2) is 46.7 Å². The summed E-state index contributed by atoms with van der Waals surface area (Å²) in [6, 6.07) is 10.4. The molecule has 0 atom stereocenters. The van der Waals surface area contributed by atoms with E-state index in [9.17, 15) is 9.59 Å². The second kappa shape index (κ2) is 7.52. The number of halogens is 2. The van der Waals surface area contributed by atoms with Crippen molar-refractivity contribution in [1.82, 2.24) is 4.98 Å². The van der Waals surface area contributed by atoms with Gasteiger partial charge < -0.3 is 5.32 Å². The number of nitrogens with one attached hydrogen (secondary N) is 2. The quantitative estimate of drug-likeness (QED) is 0.576. The Bertz CT molecular complexity index is 1070. The number of hydrogen-bond donors (Lipinski definition) is 2. The van der Waals surface area contributed by atoms with Crippen molar-refractivity contribution in [3.05, 3.63) is 57.4 Å². The van der Waals surface area contributed by atoms with E-state index in [0.717, 1.165) is 4.90 Å². The largest absolute Gasteiger partial charge is 0.324 e. The van der Waals surface area contributed by atoms with Gasteiger partial charge in [-0.2, -0.15) is 0 Å². The van der Waals surface area contributed by atoms with E-state index in [2.05, 4.69) is 15.6 Å². The highest BCUT2D eigenvalue weighted by Crippen LogP contribution is 2.34. The zero-order chi connectivity index (χ0) is 19.0. The van der Waals surface area contributed by atoms with Gasteiger partial charge in [0.15, 0.2) is 5.13 Å². The molecule has 2 heterocycles. The highest BCUT2D eigenvalue weighted by molar-refractivity contribution is 8.00. The predicted molar refractivity (Wildman–Crippen MR) is 111 cm³/mol. The third-order valence-electron chi connectivity index (χ3n) is 3.80. The summed E-state index contributed by atoms with van der Waals surface area (Å²) in [5.74, 6) is 0.000647. The fraction of sp³-hybridized carbons (Fsp3) is 0.0556. The first-order valence-corrected chi connectivity index (χ1v) is 10.4. The first-order chi connectivity index (χ1) is 13.0. The number of carbonyl (C=O) groups excluding carboxylic acids is 2. The molecular formula is C18H11Cl2N3O2S2. The SMILES string of the molecule is O=C1CSc2ccc(C(=O)Nc3nc(-c4cc(Cl)ccc4Cl)cs3)cc2N1. The van der Waals surface area contributed by atoms with Gasteiger partial charge >= 0.3 is 0 Å². The Morgan fingerprint density at radius 2 is 2.04 bits per heavy atom. The minimum atomic E-state index is -0.305. The normalized spacial score (nSPS) is 13.0. The lowest BCUT2D eigenvalue weighted by Crippen LogP contribution is -2.19. The Morgan fingerprint density at radius 1 is 1.19 bits per heavy atom. The van der Waals surface area contributed by atoms with Crippen molar-refractivity contribution in [3.8, 4) is 11.3 Å². The lowest BCUT2D eigenvalue weighted by Gasteiger charge is -2.16. The minimum absolute atomic E-state index is 0.0759. The van der Waals surface area contributed by atoms with Gasteiger partial charge in [-0.05, 0) is 36.4 Å². The fourth-order valence-corrected chi connectivity index (χ4v) is 4.42. The van der Waals surface area contributed by atoms with Crippen molar-refractivity contribution in [3.63, 3.8) is 0 Å². The predicted octanol–water partition coefficient (Wildman–Crippen LogP) is 5.41. The molecule has 136 valence electrons. The summed E-state index contributed by atoms with van der Waals surface area (Å²) in [5, 5.41) is 8.89. The maximum atomic E-state index is 12.5. The molecule has 5 nitrogen and oxygen atoms in total. The summed E-state index contributed by atoms with van der Waals surface area (Å²) >= 11 is 15.0. The number of aromatic nitrogens is 1. The molecule has 9 heteroatoms. The van der Waals surface area contributed by atoms with Gasteiger partial charge in [-0.3, -0.25) is 14.9 Å². The van der Waals surface area contributed by atoms with Crippen LogP contribution in [-0.4, -0.2) is 22.6 Å². The van der Waals surface area contributed by atoms with Crippen LogP contribution in [0, 0.1) is 0 Å². The van der Waals surface area contributed by atoms with Crippen LogP contribution in [0.3, 0.4) is 0 Å². The van der Waals surface area contributed by atoms with Gasteiger partial charge in [-0.15, -0.1) is 23.1 Å². The summed E-state index contributed by atoms with van der Waals surface area (Å²) in [5.41, 5.74) is 2.43. The van der Waals surface area contributed by atoms with Crippen molar-refractivity contribution in [2.24, 2.45) is 0 Å². The molecule has 27 heavy (non-hydrogen) atoms. The maximum Gasteiger partial charge on any atom is 0.257 e. The molecule has 0 fully saturated rings. The number of anilines is 2. The number of rotatable bonds is 3. The average Bonchev–Trinajstić information content (AvgIpc) is 3.11. The van der Waals surface area contributed by atoms with Gasteiger partial charge in [-0.25, -0.2) is 4.98 Å². The maximum absolute atomic E-state index is 12.5. The number of hydrogen-bond acceptors (Lipinski definition) is 5. The van der Waals surface area contributed by atoms with E-state index in [0.29, 0.717) is 43.4 Å². The second-order valence-electron chi connectivity index (χ2n) is 5.66. The molecule has 2 amide bonds. The van der Waals surface area contributed by atoms with Crippen LogP contribution < -0.4 is 10.6 Å². The van der Waals surface area contributed by atoms with Gasteiger partial charge in [0.1, 0.15) is 0 Å². The standard InChI is InChI=1S/C18H11Cl2N3O2S2/c19-10-2-3-12(20)11(6-10)14-7-27-18(22-14)23-17(25)9-1-4-15-13(5-9)21-16(24)8-26-15/h1-7H,8H2,(H,21,24)(H,22,23,25). The lowest BCUT2D eigenvalue weighted by atomic mass is 10.2. The topological polar surface area (TPSA) is 71.1 Å². The molecule has 0 unspecified atom stereocenters. The number of thiazole rings is 1. The summed E-state index contributed by atoms with van der Waals surface area (Å²) in [4.78, 5) is 29.4. The van der Waals surface area contributed by atoms with E-state index >= 15 is 0 Å². The Balaban J connectivity index is 1.54. The molecule has 0 saturated heterocycles. The van der Waals surface area contributed by atoms with E-state index in [1.54, 1.807) is 35.7 Å². The number of benzene rings is 2. The van der Waals surface area contributed by atoms with Gasteiger partial charge in [0.25, 0.3) is 5.91 Å². The van der Waals surface area contributed by atoms with Crippen molar-refractivity contribution in [2.45, 2.75) is 4.90 Å². The molecule has 0 aliphatic carbocycles. The highest BCUT2D eigenvalue weighted by Gasteiger charge is 2.18. The molecule has 2 aromatic carbocycles. The summed E-state index contributed by atoms with van der Waals surface area (Å²) in [6.07, 6.45) is 0. The third-order valence-corrected chi connectivity index (χ3v) is 6.20.